The Labute approximate surface area is 177 Å². The Morgan fingerprint density at radius 1 is 0.933 bits per heavy atom. The zero-order chi connectivity index (χ0) is 22.0. The van der Waals surface area contributed by atoms with Crippen molar-refractivity contribution in [2.45, 2.75) is 96.6 Å². The number of hydrogen-bond acceptors (Lipinski definition) is 5. The van der Waals surface area contributed by atoms with E-state index in [9.17, 15) is 20.4 Å². The largest absolute Gasteiger partial charge is 0.504 e. The molecule has 0 bridgehead atoms. The summed E-state index contributed by atoms with van der Waals surface area (Å²) in [5.74, 6) is -0.568. The quantitative estimate of drug-likeness (QED) is 0.340. The number of fused-ring (bicyclic) bond motifs is 3. The van der Waals surface area contributed by atoms with Crippen molar-refractivity contribution in [2.75, 3.05) is 0 Å². The maximum Gasteiger partial charge on any atom is 0.275 e. The SMILES string of the molecule is CCC1(C)c2c(O)c(O)c(O)c(O)c2-c2n(C3CCCCC3)nc(C)[n+]2C1(C)CC. The highest BCUT2D eigenvalue weighted by Crippen LogP contribution is 2.60. The predicted octanol–water partition coefficient (Wildman–Crippen LogP) is 4.28. The molecule has 1 aliphatic carbocycles. The number of aromatic nitrogens is 3. The van der Waals surface area contributed by atoms with Gasteiger partial charge in [0.25, 0.3) is 11.6 Å². The van der Waals surface area contributed by atoms with E-state index in [4.69, 9.17) is 5.10 Å². The molecule has 7 nitrogen and oxygen atoms in total. The van der Waals surface area contributed by atoms with Crippen molar-refractivity contribution in [3.63, 3.8) is 0 Å². The van der Waals surface area contributed by atoms with Gasteiger partial charge in [0, 0.05) is 23.0 Å². The van der Waals surface area contributed by atoms with Gasteiger partial charge in [-0.05, 0) is 45.4 Å². The summed E-state index contributed by atoms with van der Waals surface area (Å²) in [5, 5.41) is 47.8. The van der Waals surface area contributed by atoms with Crippen molar-refractivity contribution in [1.29, 1.82) is 0 Å². The summed E-state index contributed by atoms with van der Waals surface area (Å²) in [6.45, 7) is 10.4. The summed E-state index contributed by atoms with van der Waals surface area (Å²) in [6.07, 6.45) is 6.93. The number of rotatable bonds is 3. The lowest BCUT2D eigenvalue weighted by Crippen LogP contribution is -2.68. The lowest BCUT2D eigenvalue weighted by Gasteiger charge is -2.49. The van der Waals surface area contributed by atoms with Crippen LogP contribution in [0.15, 0.2) is 0 Å². The van der Waals surface area contributed by atoms with Crippen molar-refractivity contribution in [1.82, 2.24) is 9.78 Å². The molecule has 2 heterocycles. The summed E-state index contributed by atoms with van der Waals surface area (Å²) >= 11 is 0. The van der Waals surface area contributed by atoms with Crippen molar-refractivity contribution < 1.29 is 25.0 Å². The Bertz CT molecular complexity index is 1010. The monoisotopic (exact) mass is 416 g/mol. The molecule has 0 spiro atoms. The zero-order valence-electron chi connectivity index (χ0n) is 18.7. The molecule has 2 unspecified atom stereocenters. The predicted molar refractivity (Wildman–Crippen MR) is 113 cm³/mol. The molecule has 0 amide bonds. The van der Waals surface area contributed by atoms with Crippen LogP contribution in [0.25, 0.3) is 11.4 Å². The third-order valence-corrected chi connectivity index (χ3v) is 8.18. The lowest BCUT2D eigenvalue weighted by molar-refractivity contribution is -0.770. The second-order valence-electron chi connectivity index (χ2n) is 9.40. The van der Waals surface area contributed by atoms with Crippen LogP contribution in [-0.4, -0.2) is 30.2 Å². The highest BCUT2D eigenvalue weighted by Gasteiger charge is 2.59. The molecule has 30 heavy (non-hydrogen) atoms. The van der Waals surface area contributed by atoms with E-state index in [1.165, 1.54) is 6.42 Å². The van der Waals surface area contributed by atoms with Crippen LogP contribution in [0.1, 0.15) is 90.1 Å². The van der Waals surface area contributed by atoms with Gasteiger partial charge in [-0.1, -0.05) is 27.2 Å². The third-order valence-electron chi connectivity index (χ3n) is 8.18. The van der Waals surface area contributed by atoms with Crippen LogP contribution >= 0.6 is 0 Å². The Balaban J connectivity index is 2.17. The number of aromatic hydroxyl groups is 4. The number of hydrogen-bond donors (Lipinski definition) is 4. The third kappa shape index (κ3) is 2.38. The van der Waals surface area contributed by atoms with E-state index >= 15 is 0 Å². The average Bonchev–Trinajstić information content (AvgIpc) is 3.11. The van der Waals surface area contributed by atoms with Crippen LogP contribution in [-0.2, 0) is 11.0 Å². The molecule has 4 rings (SSSR count). The van der Waals surface area contributed by atoms with Crippen LogP contribution in [0.5, 0.6) is 23.0 Å². The molecule has 4 N–H and O–H groups in total. The molecular formula is C23H34N3O4+. The van der Waals surface area contributed by atoms with Gasteiger partial charge in [-0.15, -0.1) is 4.68 Å². The zero-order valence-corrected chi connectivity index (χ0v) is 18.7. The smallest absolute Gasteiger partial charge is 0.275 e. The fourth-order valence-electron chi connectivity index (χ4n) is 5.98. The molecule has 1 saturated carbocycles. The van der Waals surface area contributed by atoms with Crippen LogP contribution in [0, 0.1) is 6.92 Å². The topological polar surface area (TPSA) is 103 Å². The van der Waals surface area contributed by atoms with Crippen LogP contribution in [0.3, 0.4) is 0 Å². The second-order valence-corrected chi connectivity index (χ2v) is 9.40. The molecule has 1 aromatic heterocycles. The number of aryl methyl sites for hydroxylation is 1. The minimum atomic E-state index is -0.689. The van der Waals surface area contributed by atoms with Gasteiger partial charge in [0.15, 0.2) is 11.5 Å². The van der Waals surface area contributed by atoms with E-state index < -0.39 is 28.2 Å². The Morgan fingerprint density at radius 3 is 2.10 bits per heavy atom. The van der Waals surface area contributed by atoms with E-state index in [0.717, 1.165) is 37.9 Å². The lowest BCUT2D eigenvalue weighted by atomic mass is 9.60. The first-order chi connectivity index (χ1) is 14.1. The van der Waals surface area contributed by atoms with E-state index in [1.807, 2.05) is 18.5 Å². The van der Waals surface area contributed by atoms with Crippen molar-refractivity contribution in [2.24, 2.45) is 0 Å². The first-order valence-electron chi connectivity index (χ1n) is 11.2. The molecule has 2 aliphatic rings. The summed E-state index contributed by atoms with van der Waals surface area (Å²) in [7, 11) is 0. The van der Waals surface area contributed by atoms with Crippen LogP contribution in [0.4, 0.5) is 0 Å². The molecule has 1 aromatic carbocycles. The minimum absolute atomic E-state index is 0.200. The number of phenols is 4. The first kappa shape index (κ1) is 20.8. The average molecular weight is 417 g/mol. The van der Waals surface area contributed by atoms with Gasteiger partial charge in [0.2, 0.25) is 11.5 Å². The number of nitrogens with zero attached hydrogens (tertiary/aromatic N) is 3. The van der Waals surface area contributed by atoms with E-state index in [1.54, 1.807) is 0 Å². The number of phenolic OH excluding ortho intramolecular Hbond substituents is 4. The highest BCUT2D eigenvalue weighted by molar-refractivity contribution is 5.81. The van der Waals surface area contributed by atoms with E-state index in [0.29, 0.717) is 23.4 Å². The summed E-state index contributed by atoms with van der Waals surface area (Å²) in [5.41, 5.74) is -0.190. The Kier molecular flexibility index (Phi) is 4.71. The van der Waals surface area contributed by atoms with E-state index in [2.05, 4.69) is 25.3 Å². The fourth-order valence-corrected chi connectivity index (χ4v) is 5.98. The second kappa shape index (κ2) is 6.79. The van der Waals surface area contributed by atoms with Crippen molar-refractivity contribution >= 4 is 0 Å². The van der Waals surface area contributed by atoms with Gasteiger partial charge in [-0.2, -0.15) is 0 Å². The Hall–Kier alpha value is -2.44. The molecule has 7 heteroatoms. The van der Waals surface area contributed by atoms with E-state index in [-0.39, 0.29) is 11.8 Å². The molecule has 164 valence electrons. The molecule has 2 aromatic rings. The van der Waals surface area contributed by atoms with Gasteiger partial charge in [-0.3, -0.25) is 0 Å². The van der Waals surface area contributed by atoms with Gasteiger partial charge in [-0.25, -0.2) is 4.57 Å². The molecular weight excluding hydrogens is 382 g/mol. The first-order valence-corrected chi connectivity index (χ1v) is 11.2. The normalized spacial score (nSPS) is 26.4. The molecule has 0 radical (unpaired) electrons. The van der Waals surface area contributed by atoms with Crippen molar-refractivity contribution in [3.05, 3.63) is 11.4 Å². The maximum atomic E-state index is 11.0. The van der Waals surface area contributed by atoms with Gasteiger partial charge in [0.05, 0.1) is 5.54 Å². The van der Waals surface area contributed by atoms with Crippen molar-refractivity contribution in [3.8, 4) is 34.4 Å². The van der Waals surface area contributed by atoms with Gasteiger partial charge >= 0.3 is 0 Å². The minimum Gasteiger partial charge on any atom is -0.504 e. The highest BCUT2D eigenvalue weighted by atomic mass is 16.3. The maximum absolute atomic E-state index is 11.0. The standard InChI is InChI=1S/C23H33N3O4/c1-6-22(4)16-15(17(27)19(29)20(30)18(16)28)21-25(23(22,5)7-2)13(3)24-26(21)14-11-9-8-10-12-14/h14H,6-12H2,1-5H3,(H3,27,28,29,30)/p+1. The summed E-state index contributed by atoms with van der Waals surface area (Å²) < 4.78 is 4.18. The molecule has 1 aliphatic heterocycles. The Morgan fingerprint density at radius 2 is 1.53 bits per heavy atom. The molecule has 0 saturated heterocycles. The summed E-state index contributed by atoms with van der Waals surface area (Å²) in [4.78, 5) is 0. The van der Waals surface area contributed by atoms with Crippen LogP contribution in [0.2, 0.25) is 0 Å². The molecule has 1 fully saturated rings. The molecule has 2 atom stereocenters. The fraction of sp³-hybridized carbons (Fsp3) is 0.652. The van der Waals surface area contributed by atoms with Gasteiger partial charge < -0.3 is 20.4 Å². The van der Waals surface area contributed by atoms with Gasteiger partial charge in [0.1, 0.15) is 11.6 Å². The van der Waals surface area contributed by atoms with Crippen LogP contribution < -0.4 is 4.57 Å². The summed E-state index contributed by atoms with van der Waals surface area (Å²) in [6, 6.07) is 0.200. The number of benzene rings is 1.